The van der Waals surface area contributed by atoms with E-state index in [9.17, 15) is 19.8 Å². The summed E-state index contributed by atoms with van der Waals surface area (Å²) in [6, 6.07) is 3.94. The number of amides is 1. The molecule has 0 bridgehead atoms. The molecule has 3 rings (SSSR count). The summed E-state index contributed by atoms with van der Waals surface area (Å²) < 4.78 is 5.46. The molecule has 2 N–H and O–H groups in total. The van der Waals surface area contributed by atoms with E-state index in [1.165, 1.54) is 22.3 Å². The van der Waals surface area contributed by atoms with Crippen molar-refractivity contribution in [3.8, 4) is 11.5 Å². The smallest absolute Gasteiger partial charge is 0.290 e. The number of nitrogens with zero attached hydrogens (tertiary/aromatic N) is 2. The largest absolute Gasteiger partial charge is 0.504 e. The Morgan fingerprint density at radius 2 is 2.00 bits per heavy atom. The Bertz CT molecular complexity index is 995. The molecule has 0 radical (unpaired) electrons. The van der Waals surface area contributed by atoms with Crippen molar-refractivity contribution in [3.05, 3.63) is 50.7 Å². The minimum Gasteiger partial charge on any atom is -0.504 e. The van der Waals surface area contributed by atoms with Gasteiger partial charge in [0.1, 0.15) is 0 Å². The molecule has 1 aromatic heterocycles. The predicted octanol–water partition coefficient (Wildman–Crippen LogP) is 3.85. The first-order valence-electron chi connectivity index (χ1n) is 9.48. The number of benzene rings is 1. The average Bonchev–Trinajstić information content (AvgIpc) is 3.14. The third-order valence-corrected chi connectivity index (χ3v) is 5.79. The van der Waals surface area contributed by atoms with Gasteiger partial charge in [-0.3, -0.25) is 9.59 Å². The van der Waals surface area contributed by atoms with Crippen LogP contribution in [0.25, 0.3) is 0 Å². The van der Waals surface area contributed by atoms with Crippen molar-refractivity contribution >= 4 is 23.0 Å². The highest BCUT2D eigenvalue weighted by Crippen LogP contribution is 2.42. The summed E-state index contributed by atoms with van der Waals surface area (Å²) in [6.07, 6.45) is 0.659. The molecule has 1 aromatic carbocycles. The predicted molar refractivity (Wildman–Crippen MR) is 110 cm³/mol. The van der Waals surface area contributed by atoms with Gasteiger partial charge in [0.25, 0.3) is 5.91 Å². The van der Waals surface area contributed by atoms with Crippen LogP contribution in [0.5, 0.6) is 11.5 Å². The Hall–Kier alpha value is -2.87. The summed E-state index contributed by atoms with van der Waals surface area (Å²) >= 11 is 1.24. The highest BCUT2D eigenvalue weighted by Gasteiger charge is 2.44. The number of ketones is 1. The second-order valence-electron chi connectivity index (χ2n) is 6.80. The van der Waals surface area contributed by atoms with Gasteiger partial charge >= 0.3 is 0 Å². The van der Waals surface area contributed by atoms with Gasteiger partial charge in [0.2, 0.25) is 5.78 Å². The van der Waals surface area contributed by atoms with E-state index in [1.54, 1.807) is 32.9 Å². The number of aliphatic hydroxyl groups excluding tert-OH is 1. The number of aliphatic hydroxyl groups is 1. The zero-order valence-corrected chi connectivity index (χ0v) is 17.7. The Labute approximate surface area is 173 Å². The monoisotopic (exact) mass is 416 g/mol. The van der Waals surface area contributed by atoms with E-state index in [0.29, 0.717) is 35.7 Å². The lowest BCUT2D eigenvalue weighted by Gasteiger charge is -2.26. The number of thiazole rings is 1. The molecule has 1 aliphatic rings. The average molecular weight is 416 g/mol. The van der Waals surface area contributed by atoms with E-state index in [0.717, 1.165) is 5.01 Å². The molecule has 29 heavy (non-hydrogen) atoms. The Morgan fingerprint density at radius 3 is 2.59 bits per heavy atom. The highest BCUT2D eigenvalue weighted by molar-refractivity contribution is 7.14. The van der Waals surface area contributed by atoms with Crippen molar-refractivity contribution in [2.45, 2.75) is 40.2 Å². The van der Waals surface area contributed by atoms with Crippen molar-refractivity contribution in [2.75, 3.05) is 13.2 Å². The number of phenolic OH excluding ortho intramolecular Hbond substituents is 1. The molecule has 2 heterocycles. The van der Waals surface area contributed by atoms with E-state index in [4.69, 9.17) is 4.74 Å². The van der Waals surface area contributed by atoms with Crippen LogP contribution in [-0.4, -0.2) is 44.9 Å². The third-order valence-electron chi connectivity index (χ3n) is 4.72. The van der Waals surface area contributed by atoms with Crippen LogP contribution in [0.3, 0.4) is 0 Å². The number of ether oxygens (including phenoxy) is 1. The van der Waals surface area contributed by atoms with Gasteiger partial charge in [-0.1, -0.05) is 13.0 Å². The summed E-state index contributed by atoms with van der Waals surface area (Å²) in [7, 11) is 0. The number of hydrogen-bond donors (Lipinski definition) is 2. The molecule has 1 aliphatic heterocycles. The second kappa shape index (κ2) is 8.24. The fourth-order valence-electron chi connectivity index (χ4n) is 3.54. The zero-order valence-electron chi connectivity index (χ0n) is 16.9. The van der Waals surface area contributed by atoms with E-state index in [1.807, 2.05) is 6.92 Å². The summed E-state index contributed by atoms with van der Waals surface area (Å²) in [5.74, 6) is -1.29. The van der Waals surface area contributed by atoms with Gasteiger partial charge < -0.3 is 19.8 Å². The molecule has 0 spiro atoms. The summed E-state index contributed by atoms with van der Waals surface area (Å²) in [6.45, 7) is 7.97. The summed E-state index contributed by atoms with van der Waals surface area (Å²) in [5.41, 5.74) is 1.18. The molecule has 1 amide bonds. The van der Waals surface area contributed by atoms with Crippen molar-refractivity contribution in [3.63, 3.8) is 0 Å². The minimum absolute atomic E-state index is 0.0306. The van der Waals surface area contributed by atoms with Crippen molar-refractivity contribution < 1.29 is 24.5 Å². The Balaban J connectivity index is 2.14. The molecule has 0 saturated carbocycles. The molecule has 2 aromatic rings. The maximum absolute atomic E-state index is 13.3. The molecular weight excluding hydrogens is 392 g/mol. The number of hydrogen-bond acceptors (Lipinski definition) is 7. The lowest BCUT2D eigenvalue weighted by atomic mass is 9.94. The number of rotatable bonds is 7. The van der Waals surface area contributed by atoms with Crippen LogP contribution >= 0.6 is 11.3 Å². The van der Waals surface area contributed by atoms with Crippen LogP contribution in [0, 0.1) is 13.8 Å². The number of phenols is 1. The first-order chi connectivity index (χ1) is 13.8. The van der Waals surface area contributed by atoms with Crippen molar-refractivity contribution in [1.82, 2.24) is 9.88 Å². The van der Waals surface area contributed by atoms with E-state index < -0.39 is 23.5 Å². The molecule has 0 saturated heterocycles. The standard InChI is InChI=1S/C21H24N2O5S/c1-5-9-23-17(13-7-8-14(24)15(10-13)28-6-2)16(19(26)21(23)27)18(25)20-11(3)22-12(4)29-20/h7-8,10,17,24,26H,5-6,9H2,1-4H3. The topological polar surface area (TPSA) is 100.0 Å². The SMILES string of the molecule is CCCN1C(=O)C(O)=C(C(=O)c2sc(C)nc2C)C1c1ccc(O)c(OCC)c1. The lowest BCUT2D eigenvalue weighted by molar-refractivity contribution is -0.129. The maximum Gasteiger partial charge on any atom is 0.290 e. The lowest BCUT2D eigenvalue weighted by Crippen LogP contribution is -2.31. The maximum atomic E-state index is 13.3. The number of carbonyl (C=O) groups excluding carboxylic acids is 2. The van der Waals surface area contributed by atoms with Gasteiger partial charge in [-0.2, -0.15) is 0 Å². The van der Waals surface area contributed by atoms with Crippen molar-refractivity contribution in [2.24, 2.45) is 0 Å². The molecule has 7 nitrogen and oxygen atoms in total. The van der Waals surface area contributed by atoms with Crippen LogP contribution in [0.1, 0.15) is 52.2 Å². The quantitative estimate of drug-likeness (QED) is 0.665. The molecule has 0 aliphatic carbocycles. The van der Waals surface area contributed by atoms with Crippen LogP contribution < -0.4 is 4.74 Å². The van der Waals surface area contributed by atoms with Crippen LogP contribution in [0.2, 0.25) is 0 Å². The summed E-state index contributed by atoms with van der Waals surface area (Å²) in [5, 5.41) is 21.4. The fourth-order valence-corrected chi connectivity index (χ4v) is 4.41. The Morgan fingerprint density at radius 1 is 1.28 bits per heavy atom. The molecule has 0 fully saturated rings. The first-order valence-corrected chi connectivity index (χ1v) is 10.3. The van der Waals surface area contributed by atoms with Gasteiger partial charge in [0.05, 0.1) is 33.8 Å². The number of carbonyl (C=O) groups is 2. The van der Waals surface area contributed by atoms with Crippen LogP contribution in [-0.2, 0) is 4.79 Å². The minimum atomic E-state index is -0.767. The zero-order chi connectivity index (χ0) is 21.3. The molecule has 154 valence electrons. The van der Waals surface area contributed by atoms with E-state index in [2.05, 4.69) is 4.98 Å². The Kier molecular flexibility index (Phi) is 5.93. The van der Waals surface area contributed by atoms with Gasteiger partial charge in [0.15, 0.2) is 17.3 Å². The molecule has 8 heteroatoms. The highest BCUT2D eigenvalue weighted by atomic mass is 32.1. The molecule has 1 unspecified atom stereocenters. The number of aromatic hydroxyl groups is 1. The van der Waals surface area contributed by atoms with Gasteiger partial charge in [0, 0.05) is 6.54 Å². The third kappa shape index (κ3) is 3.72. The molecule has 1 atom stereocenters. The normalized spacial score (nSPS) is 16.6. The first kappa shape index (κ1) is 20.9. The van der Waals surface area contributed by atoms with Crippen LogP contribution in [0.4, 0.5) is 0 Å². The van der Waals surface area contributed by atoms with Crippen molar-refractivity contribution in [1.29, 1.82) is 0 Å². The molecular formula is C21H24N2O5S. The van der Waals surface area contributed by atoms with Gasteiger partial charge in [-0.05, 0) is 44.9 Å². The summed E-state index contributed by atoms with van der Waals surface area (Å²) in [4.78, 5) is 32.3. The van der Waals surface area contributed by atoms with E-state index in [-0.39, 0.29) is 17.1 Å². The van der Waals surface area contributed by atoms with Gasteiger partial charge in [-0.25, -0.2) is 4.98 Å². The van der Waals surface area contributed by atoms with Crippen LogP contribution in [0.15, 0.2) is 29.5 Å². The van der Waals surface area contributed by atoms with Gasteiger partial charge in [-0.15, -0.1) is 11.3 Å². The fraction of sp³-hybridized carbons (Fsp3) is 0.381. The number of Topliss-reactive ketones (excluding diaryl/α,β-unsaturated/α-hetero) is 1. The van der Waals surface area contributed by atoms with E-state index >= 15 is 0 Å². The number of aromatic nitrogens is 1. The number of aryl methyl sites for hydroxylation is 2. The second-order valence-corrected chi connectivity index (χ2v) is 8.00.